The molecule has 2 aromatic rings. The van der Waals surface area contributed by atoms with Crippen molar-refractivity contribution in [3.8, 4) is 0 Å². The standard InChI is InChI=1S/C18H25N5O5S/c1-11(2)8-22(14-5-6-29(26,27)10-14)15(24)9-28-17(25)16-20-18-19-12(3)7-13(4)23(18)21-16/h7,11,14H,5-6,8-10H2,1-4H3/t14-/m0/s1. The van der Waals surface area contributed by atoms with E-state index in [4.69, 9.17) is 4.74 Å². The van der Waals surface area contributed by atoms with Crippen molar-refractivity contribution in [1.82, 2.24) is 24.5 Å². The molecule has 29 heavy (non-hydrogen) atoms. The van der Waals surface area contributed by atoms with E-state index in [2.05, 4.69) is 15.1 Å². The van der Waals surface area contributed by atoms with Gasteiger partial charge in [0.05, 0.1) is 11.5 Å². The maximum atomic E-state index is 12.7. The minimum absolute atomic E-state index is 0.0578. The molecule has 0 aliphatic carbocycles. The summed E-state index contributed by atoms with van der Waals surface area (Å²) in [5.74, 6) is -1.01. The summed E-state index contributed by atoms with van der Waals surface area (Å²) >= 11 is 0. The van der Waals surface area contributed by atoms with Gasteiger partial charge in [-0.3, -0.25) is 4.79 Å². The molecule has 1 fully saturated rings. The van der Waals surface area contributed by atoms with Gasteiger partial charge in [0.2, 0.25) is 0 Å². The van der Waals surface area contributed by atoms with Crippen molar-refractivity contribution in [3.05, 3.63) is 23.3 Å². The highest BCUT2D eigenvalue weighted by Gasteiger charge is 2.35. The summed E-state index contributed by atoms with van der Waals surface area (Å²) in [5.41, 5.74) is 1.51. The molecule has 1 aliphatic heterocycles. The van der Waals surface area contributed by atoms with Crippen LogP contribution in [0, 0.1) is 19.8 Å². The van der Waals surface area contributed by atoms with Crippen LogP contribution in [0.5, 0.6) is 0 Å². The Labute approximate surface area is 169 Å². The Morgan fingerprint density at radius 1 is 1.31 bits per heavy atom. The molecule has 0 radical (unpaired) electrons. The Balaban J connectivity index is 1.69. The van der Waals surface area contributed by atoms with Crippen molar-refractivity contribution in [2.45, 2.75) is 40.2 Å². The first-order valence-electron chi connectivity index (χ1n) is 9.44. The molecule has 1 amide bonds. The molecule has 158 valence electrons. The second-order valence-corrected chi connectivity index (χ2v) is 9.99. The van der Waals surface area contributed by atoms with E-state index in [1.54, 1.807) is 6.07 Å². The van der Waals surface area contributed by atoms with Gasteiger partial charge >= 0.3 is 5.97 Å². The molecule has 11 heteroatoms. The Bertz CT molecular complexity index is 1050. The minimum atomic E-state index is -3.14. The van der Waals surface area contributed by atoms with Gasteiger partial charge in [0.25, 0.3) is 17.5 Å². The van der Waals surface area contributed by atoms with Crippen LogP contribution in [-0.2, 0) is 19.4 Å². The number of rotatable bonds is 6. The molecular formula is C18H25N5O5S. The monoisotopic (exact) mass is 423 g/mol. The van der Waals surface area contributed by atoms with E-state index in [0.29, 0.717) is 13.0 Å². The van der Waals surface area contributed by atoms with Crippen LogP contribution in [0.2, 0.25) is 0 Å². The smallest absolute Gasteiger partial charge is 0.378 e. The summed E-state index contributed by atoms with van der Waals surface area (Å²) in [7, 11) is -3.14. The predicted molar refractivity (Wildman–Crippen MR) is 104 cm³/mol. The molecule has 0 bridgehead atoms. The number of ether oxygens (including phenoxy) is 1. The van der Waals surface area contributed by atoms with E-state index in [9.17, 15) is 18.0 Å². The zero-order chi connectivity index (χ0) is 21.3. The number of esters is 1. The maximum absolute atomic E-state index is 12.7. The number of amides is 1. The first-order chi connectivity index (χ1) is 13.6. The summed E-state index contributed by atoms with van der Waals surface area (Å²) in [4.78, 5) is 34.8. The lowest BCUT2D eigenvalue weighted by Crippen LogP contribution is -2.45. The highest BCUT2D eigenvalue weighted by Crippen LogP contribution is 2.19. The summed E-state index contributed by atoms with van der Waals surface area (Å²) < 4.78 is 30.1. The van der Waals surface area contributed by atoms with Crippen molar-refractivity contribution < 1.29 is 22.7 Å². The van der Waals surface area contributed by atoms with Crippen molar-refractivity contribution in [2.75, 3.05) is 24.7 Å². The summed E-state index contributed by atoms with van der Waals surface area (Å²) in [5, 5.41) is 4.09. The largest absolute Gasteiger partial charge is 0.450 e. The van der Waals surface area contributed by atoms with Gasteiger partial charge in [-0.1, -0.05) is 13.8 Å². The van der Waals surface area contributed by atoms with Gasteiger partial charge in [-0.05, 0) is 32.3 Å². The van der Waals surface area contributed by atoms with E-state index in [1.165, 1.54) is 9.42 Å². The fourth-order valence-electron chi connectivity index (χ4n) is 3.40. The van der Waals surface area contributed by atoms with Gasteiger partial charge in [-0.15, -0.1) is 5.10 Å². The molecule has 2 aromatic heterocycles. The lowest BCUT2D eigenvalue weighted by atomic mass is 10.1. The van der Waals surface area contributed by atoms with E-state index in [1.807, 2.05) is 27.7 Å². The average molecular weight is 423 g/mol. The first-order valence-corrected chi connectivity index (χ1v) is 11.3. The molecule has 1 atom stereocenters. The third-order valence-corrected chi connectivity index (χ3v) is 6.41. The Hall–Kier alpha value is -2.56. The van der Waals surface area contributed by atoms with Gasteiger partial charge in [-0.2, -0.15) is 4.98 Å². The third kappa shape index (κ3) is 4.89. The van der Waals surface area contributed by atoms with Crippen LogP contribution in [0.4, 0.5) is 0 Å². The van der Waals surface area contributed by atoms with Crippen molar-refractivity contribution in [2.24, 2.45) is 5.92 Å². The molecule has 10 nitrogen and oxygen atoms in total. The van der Waals surface area contributed by atoms with Crippen molar-refractivity contribution in [3.63, 3.8) is 0 Å². The van der Waals surface area contributed by atoms with E-state index >= 15 is 0 Å². The van der Waals surface area contributed by atoms with Gasteiger partial charge < -0.3 is 9.64 Å². The van der Waals surface area contributed by atoms with Crippen molar-refractivity contribution >= 4 is 27.5 Å². The summed E-state index contributed by atoms with van der Waals surface area (Å²) in [6.07, 6.45) is 0.396. The third-order valence-electron chi connectivity index (χ3n) is 4.66. The summed E-state index contributed by atoms with van der Waals surface area (Å²) in [6.45, 7) is 7.40. The van der Waals surface area contributed by atoms with Gasteiger partial charge in [0.1, 0.15) is 0 Å². The first kappa shape index (κ1) is 21.2. The number of sulfone groups is 1. The number of aryl methyl sites for hydroxylation is 2. The zero-order valence-corrected chi connectivity index (χ0v) is 17.8. The molecule has 0 aromatic carbocycles. The molecule has 0 spiro atoms. The lowest BCUT2D eigenvalue weighted by molar-refractivity contribution is -0.137. The fraction of sp³-hybridized carbons (Fsp3) is 0.611. The number of hydrogen-bond acceptors (Lipinski definition) is 8. The van der Waals surface area contributed by atoms with Crippen LogP contribution < -0.4 is 0 Å². The number of nitrogens with zero attached hydrogens (tertiary/aromatic N) is 5. The topological polar surface area (TPSA) is 124 Å². The minimum Gasteiger partial charge on any atom is -0.450 e. The number of carbonyl (C=O) groups is 2. The molecule has 0 saturated carbocycles. The molecular weight excluding hydrogens is 398 g/mol. The second-order valence-electron chi connectivity index (χ2n) is 7.76. The van der Waals surface area contributed by atoms with E-state index < -0.39 is 34.4 Å². The van der Waals surface area contributed by atoms with Gasteiger partial charge in [0.15, 0.2) is 16.4 Å². The molecule has 0 unspecified atom stereocenters. The van der Waals surface area contributed by atoms with Crippen LogP contribution in [-0.4, -0.2) is 75.5 Å². The molecule has 0 N–H and O–H groups in total. The van der Waals surface area contributed by atoms with Gasteiger partial charge in [0, 0.05) is 24.0 Å². The molecule has 1 aliphatic rings. The predicted octanol–water partition coefficient (Wildman–Crippen LogP) is 0.570. The van der Waals surface area contributed by atoms with Crippen LogP contribution in [0.1, 0.15) is 42.3 Å². The number of hydrogen-bond donors (Lipinski definition) is 0. The average Bonchev–Trinajstić information content (AvgIpc) is 3.20. The van der Waals surface area contributed by atoms with Crippen LogP contribution in [0.15, 0.2) is 6.07 Å². The molecule has 1 saturated heterocycles. The quantitative estimate of drug-likeness (QED) is 0.618. The lowest BCUT2D eigenvalue weighted by Gasteiger charge is -2.29. The van der Waals surface area contributed by atoms with Crippen LogP contribution >= 0.6 is 0 Å². The van der Waals surface area contributed by atoms with E-state index in [0.717, 1.165) is 11.4 Å². The van der Waals surface area contributed by atoms with E-state index in [-0.39, 0.29) is 29.0 Å². The number of aromatic nitrogens is 4. The fourth-order valence-corrected chi connectivity index (χ4v) is 5.13. The van der Waals surface area contributed by atoms with Crippen LogP contribution in [0.3, 0.4) is 0 Å². The Kier molecular flexibility index (Phi) is 5.87. The van der Waals surface area contributed by atoms with Crippen LogP contribution in [0.25, 0.3) is 5.78 Å². The number of carbonyl (C=O) groups excluding carboxylic acids is 2. The second kappa shape index (κ2) is 8.05. The summed E-state index contributed by atoms with van der Waals surface area (Å²) in [6, 6.07) is 1.41. The van der Waals surface area contributed by atoms with Crippen molar-refractivity contribution in [1.29, 1.82) is 0 Å². The van der Waals surface area contributed by atoms with Gasteiger partial charge in [-0.25, -0.2) is 22.7 Å². The normalized spacial score (nSPS) is 18.3. The molecule has 3 rings (SSSR count). The Morgan fingerprint density at radius 3 is 2.66 bits per heavy atom. The maximum Gasteiger partial charge on any atom is 0.378 e. The highest BCUT2D eigenvalue weighted by molar-refractivity contribution is 7.91. The molecule has 3 heterocycles. The zero-order valence-electron chi connectivity index (χ0n) is 17.0. The highest BCUT2D eigenvalue weighted by atomic mass is 32.2. The number of fused-ring (bicyclic) bond motifs is 1. The SMILES string of the molecule is Cc1cc(C)n2nc(C(=O)OCC(=O)N(CC(C)C)[C@H]3CCS(=O)(=O)C3)nc2n1. The Morgan fingerprint density at radius 2 is 2.03 bits per heavy atom.